The largest absolute Gasteiger partial charge is 0.337 e. The Morgan fingerprint density at radius 2 is 2.14 bits per heavy atom. The number of alkyl halides is 1. The molecule has 2 N–H and O–H groups in total. The van der Waals surface area contributed by atoms with Crippen molar-refractivity contribution < 1.29 is 9.18 Å². The number of carbonyl (C=O) groups excluding carboxylic acids is 1. The highest BCUT2D eigenvalue weighted by molar-refractivity contribution is 6.18. The fourth-order valence-corrected chi connectivity index (χ4v) is 0.984. The van der Waals surface area contributed by atoms with E-state index in [1.807, 2.05) is 0 Å². The zero-order valence-electron chi connectivity index (χ0n) is 7.39. The van der Waals surface area contributed by atoms with Gasteiger partial charge in [-0.15, -0.1) is 11.6 Å². The van der Waals surface area contributed by atoms with Crippen LogP contribution < -0.4 is 10.6 Å². The number of hydrogen-bond donors (Lipinski definition) is 2. The Labute approximate surface area is 86.3 Å². The number of para-hydroxylation sites is 1. The molecule has 3 nitrogen and oxygen atoms in total. The molecule has 5 heteroatoms. The highest BCUT2D eigenvalue weighted by Crippen LogP contribution is 2.11. The zero-order chi connectivity index (χ0) is 10.4. The Kier molecular flexibility index (Phi) is 4.19. The summed E-state index contributed by atoms with van der Waals surface area (Å²) in [4.78, 5) is 11.1. The van der Waals surface area contributed by atoms with Crippen LogP contribution in [0.25, 0.3) is 0 Å². The standard InChI is InChI=1S/C9H10ClFN2O/c10-5-6-12-9(14)13-8-4-2-1-3-7(8)11/h1-4H,5-6H2,(H2,12,13,14). The van der Waals surface area contributed by atoms with E-state index in [2.05, 4.69) is 10.6 Å². The number of amides is 2. The molecule has 0 saturated heterocycles. The van der Waals surface area contributed by atoms with E-state index in [9.17, 15) is 9.18 Å². The Hall–Kier alpha value is -1.29. The monoisotopic (exact) mass is 216 g/mol. The minimum atomic E-state index is -0.464. The van der Waals surface area contributed by atoms with E-state index < -0.39 is 11.8 Å². The first kappa shape index (κ1) is 10.8. The van der Waals surface area contributed by atoms with Crippen LogP contribution in [0.4, 0.5) is 14.9 Å². The third kappa shape index (κ3) is 3.22. The Balaban J connectivity index is 2.52. The van der Waals surface area contributed by atoms with Crippen LogP contribution in [0.5, 0.6) is 0 Å². The first-order valence-electron chi connectivity index (χ1n) is 4.09. The topological polar surface area (TPSA) is 41.1 Å². The quantitative estimate of drug-likeness (QED) is 0.748. The Bertz CT molecular complexity index is 319. The van der Waals surface area contributed by atoms with E-state index in [4.69, 9.17) is 11.6 Å². The molecular weight excluding hydrogens is 207 g/mol. The summed E-state index contributed by atoms with van der Waals surface area (Å²) in [5, 5.41) is 4.82. The smallest absolute Gasteiger partial charge is 0.319 e. The van der Waals surface area contributed by atoms with Gasteiger partial charge in [0.15, 0.2) is 0 Å². The molecule has 1 aromatic rings. The minimum Gasteiger partial charge on any atom is -0.337 e. The van der Waals surface area contributed by atoms with Gasteiger partial charge in [-0.1, -0.05) is 12.1 Å². The fraction of sp³-hybridized carbons (Fsp3) is 0.222. The van der Waals surface area contributed by atoms with Crippen molar-refractivity contribution in [3.63, 3.8) is 0 Å². The van der Waals surface area contributed by atoms with E-state index in [0.717, 1.165) is 0 Å². The summed E-state index contributed by atoms with van der Waals surface area (Å²) in [5.41, 5.74) is 0.152. The van der Waals surface area contributed by atoms with Gasteiger partial charge in [0, 0.05) is 12.4 Å². The average Bonchev–Trinajstić information content (AvgIpc) is 2.18. The fourth-order valence-electron chi connectivity index (χ4n) is 0.890. The van der Waals surface area contributed by atoms with Crippen molar-refractivity contribution in [2.24, 2.45) is 0 Å². The van der Waals surface area contributed by atoms with Crippen molar-refractivity contribution in [3.05, 3.63) is 30.1 Å². The molecule has 76 valence electrons. The Morgan fingerprint density at radius 3 is 2.79 bits per heavy atom. The van der Waals surface area contributed by atoms with E-state index in [1.54, 1.807) is 12.1 Å². The Morgan fingerprint density at radius 1 is 1.43 bits per heavy atom. The SMILES string of the molecule is O=C(NCCCl)Nc1ccccc1F. The summed E-state index contributed by atoms with van der Waals surface area (Å²) in [7, 11) is 0. The number of benzene rings is 1. The molecule has 0 aliphatic rings. The van der Waals surface area contributed by atoms with Gasteiger partial charge in [0.05, 0.1) is 5.69 Å². The van der Waals surface area contributed by atoms with Gasteiger partial charge in [0.25, 0.3) is 0 Å². The molecule has 1 aromatic carbocycles. The molecule has 14 heavy (non-hydrogen) atoms. The molecule has 2 amide bonds. The van der Waals surface area contributed by atoms with Gasteiger partial charge in [0.1, 0.15) is 5.82 Å². The van der Waals surface area contributed by atoms with Crippen molar-refractivity contribution in [2.45, 2.75) is 0 Å². The second kappa shape index (κ2) is 5.44. The van der Waals surface area contributed by atoms with Crippen molar-refractivity contribution in [3.8, 4) is 0 Å². The van der Waals surface area contributed by atoms with Crippen LogP contribution in [0, 0.1) is 5.82 Å². The lowest BCUT2D eigenvalue weighted by molar-refractivity contribution is 0.252. The van der Waals surface area contributed by atoms with E-state index in [0.29, 0.717) is 12.4 Å². The summed E-state index contributed by atoms with van der Waals surface area (Å²) < 4.78 is 13.0. The number of anilines is 1. The number of nitrogens with one attached hydrogen (secondary N) is 2. The highest BCUT2D eigenvalue weighted by atomic mass is 35.5. The number of halogens is 2. The highest BCUT2D eigenvalue weighted by Gasteiger charge is 2.03. The van der Waals surface area contributed by atoms with Gasteiger partial charge < -0.3 is 10.6 Å². The van der Waals surface area contributed by atoms with Gasteiger partial charge in [-0.2, -0.15) is 0 Å². The van der Waals surface area contributed by atoms with Gasteiger partial charge in [0.2, 0.25) is 0 Å². The number of carbonyl (C=O) groups is 1. The van der Waals surface area contributed by atoms with Gasteiger partial charge in [-0.3, -0.25) is 0 Å². The van der Waals surface area contributed by atoms with Crippen molar-refractivity contribution in [1.29, 1.82) is 0 Å². The second-order valence-electron chi connectivity index (χ2n) is 2.55. The van der Waals surface area contributed by atoms with Crippen LogP contribution in [0.2, 0.25) is 0 Å². The third-order valence-corrected chi connectivity index (χ3v) is 1.69. The third-order valence-electron chi connectivity index (χ3n) is 1.50. The number of hydrogen-bond acceptors (Lipinski definition) is 1. The second-order valence-corrected chi connectivity index (χ2v) is 2.93. The normalized spacial score (nSPS) is 9.57. The maximum absolute atomic E-state index is 13.0. The van der Waals surface area contributed by atoms with Crippen molar-refractivity contribution >= 4 is 23.3 Å². The maximum atomic E-state index is 13.0. The molecule has 0 radical (unpaired) electrons. The molecule has 1 rings (SSSR count). The number of urea groups is 1. The zero-order valence-corrected chi connectivity index (χ0v) is 8.14. The summed E-state index contributed by atoms with van der Waals surface area (Å²) in [6.45, 7) is 0.349. The molecule has 0 unspecified atom stereocenters. The molecule has 0 aromatic heterocycles. The first-order valence-corrected chi connectivity index (χ1v) is 4.63. The summed E-state index contributed by atoms with van der Waals surface area (Å²) in [5.74, 6) is -0.140. The minimum absolute atomic E-state index is 0.152. The van der Waals surface area contributed by atoms with Crippen molar-refractivity contribution in [2.75, 3.05) is 17.7 Å². The summed E-state index contributed by atoms with van der Waals surface area (Å²) in [6.07, 6.45) is 0. The van der Waals surface area contributed by atoms with Crippen LogP contribution in [-0.4, -0.2) is 18.5 Å². The van der Waals surface area contributed by atoms with Gasteiger partial charge >= 0.3 is 6.03 Å². The summed E-state index contributed by atoms with van der Waals surface area (Å²) in [6, 6.07) is 5.49. The van der Waals surface area contributed by atoms with Crippen LogP contribution in [0.15, 0.2) is 24.3 Å². The molecule has 0 fully saturated rings. The molecule has 0 heterocycles. The van der Waals surface area contributed by atoms with E-state index in [1.165, 1.54) is 12.1 Å². The lowest BCUT2D eigenvalue weighted by Crippen LogP contribution is -2.30. The van der Waals surface area contributed by atoms with Gasteiger partial charge in [-0.25, -0.2) is 9.18 Å². The number of rotatable bonds is 3. The summed E-state index contributed by atoms with van der Waals surface area (Å²) >= 11 is 5.36. The maximum Gasteiger partial charge on any atom is 0.319 e. The molecule has 0 aliphatic heterocycles. The van der Waals surface area contributed by atoms with Crippen LogP contribution in [0.3, 0.4) is 0 Å². The first-order chi connectivity index (χ1) is 6.74. The molecule has 0 atom stereocenters. The molecule has 0 bridgehead atoms. The van der Waals surface area contributed by atoms with Crippen LogP contribution in [0.1, 0.15) is 0 Å². The van der Waals surface area contributed by atoms with Crippen LogP contribution in [-0.2, 0) is 0 Å². The van der Waals surface area contributed by atoms with Crippen LogP contribution >= 0.6 is 11.6 Å². The molecule has 0 aliphatic carbocycles. The molecule has 0 saturated carbocycles. The van der Waals surface area contributed by atoms with E-state index in [-0.39, 0.29) is 5.69 Å². The predicted molar refractivity (Wildman–Crippen MR) is 54.1 cm³/mol. The molecular formula is C9H10ClFN2O. The van der Waals surface area contributed by atoms with Crippen molar-refractivity contribution in [1.82, 2.24) is 5.32 Å². The lowest BCUT2D eigenvalue weighted by atomic mass is 10.3. The predicted octanol–water partition coefficient (Wildman–Crippen LogP) is 2.19. The molecule has 0 spiro atoms. The van der Waals surface area contributed by atoms with E-state index >= 15 is 0 Å². The van der Waals surface area contributed by atoms with Gasteiger partial charge in [-0.05, 0) is 12.1 Å². The average molecular weight is 217 g/mol. The lowest BCUT2D eigenvalue weighted by Gasteiger charge is -2.06.